The molecule has 4 amide bonds. The molecule has 62 heavy (non-hydrogen) atoms. The van der Waals surface area contributed by atoms with Gasteiger partial charge in [0.1, 0.15) is 17.6 Å². The monoisotopic (exact) mass is 866 g/mol. The Morgan fingerprint density at radius 1 is 0.887 bits per heavy atom. The molecule has 338 valence electrons. The zero-order valence-corrected chi connectivity index (χ0v) is 36.2. The maximum atomic E-state index is 13.5. The van der Waals surface area contributed by atoms with Crippen LogP contribution in [0.4, 0.5) is 0 Å². The summed E-state index contributed by atoms with van der Waals surface area (Å²) >= 11 is 0. The summed E-state index contributed by atoms with van der Waals surface area (Å²) in [5.74, 6) is -6.04. The smallest absolute Gasteiger partial charge is 0.378 e. The molecule has 18 nitrogen and oxygen atoms in total. The number of amides is 4. The number of carbonyl (C=O) groups is 8. The summed E-state index contributed by atoms with van der Waals surface area (Å²) in [6, 6.07) is 4.78. The van der Waals surface area contributed by atoms with Crippen LogP contribution >= 0.6 is 0 Å². The number of unbranched alkanes of at least 4 members (excludes halogenated alkanes) is 4. The van der Waals surface area contributed by atoms with Gasteiger partial charge in [-0.25, -0.2) is 9.59 Å². The van der Waals surface area contributed by atoms with Gasteiger partial charge in [-0.15, -0.1) is 0 Å². The highest BCUT2D eigenvalue weighted by molar-refractivity contribution is 6.08. The average molecular weight is 867 g/mol. The van der Waals surface area contributed by atoms with Crippen molar-refractivity contribution in [3.05, 3.63) is 41.7 Å². The summed E-state index contributed by atoms with van der Waals surface area (Å²) in [5, 5.41) is 8.62. The second-order valence-electron chi connectivity index (χ2n) is 15.0. The zero-order valence-electron chi connectivity index (χ0n) is 36.2. The molecule has 3 rings (SSSR count). The molecular weight excluding hydrogens is 807 g/mol. The van der Waals surface area contributed by atoms with Crippen LogP contribution < -0.4 is 20.7 Å². The van der Waals surface area contributed by atoms with Crippen LogP contribution in [-0.4, -0.2) is 99.7 Å². The van der Waals surface area contributed by atoms with E-state index in [0.29, 0.717) is 50.5 Å². The number of carbonyl (C=O) groups excluding carboxylic acids is 8. The maximum Gasteiger partial charge on any atom is 0.378 e. The van der Waals surface area contributed by atoms with Crippen LogP contribution in [0, 0.1) is 17.8 Å². The van der Waals surface area contributed by atoms with Crippen molar-refractivity contribution in [3.8, 4) is 17.1 Å². The van der Waals surface area contributed by atoms with Crippen LogP contribution in [-0.2, 0) is 47.7 Å². The molecule has 1 aromatic heterocycles. The van der Waals surface area contributed by atoms with E-state index < -0.39 is 72.6 Å². The first-order valence-corrected chi connectivity index (χ1v) is 21.2. The summed E-state index contributed by atoms with van der Waals surface area (Å²) in [5.41, 5.74) is 0.174. The number of nitrogens with zero attached hydrogens (tertiary/aromatic N) is 1. The molecule has 0 bridgehead atoms. The minimum atomic E-state index is -1.52. The second-order valence-corrected chi connectivity index (χ2v) is 15.0. The number of hydroxylamine groups is 2. The Bertz CT molecular complexity index is 1840. The Morgan fingerprint density at radius 3 is 2.18 bits per heavy atom. The Kier molecular flexibility index (Phi) is 21.5. The van der Waals surface area contributed by atoms with Crippen molar-refractivity contribution in [1.29, 1.82) is 0 Å². The molecule has 2 aromatic rings. The Balaban J connectivity index is 1.76. The molecule has 0 saturated heterocycles. The fourth-order valence-corrected chi connectivity index (χ4v) is 6.35. The standard InChI is InChI=1S/C43H59BN4O14/c1-6-10-13-14-29(33(9-4)48(26-49)62-42(55)31-21-27(31)5)39(52)45-25-46-41(54)35-18-17-34(60-35)28-15-16-30(36(22-28)59-24-38(51)58-20-12-8-3)40(53)47-32(43(56)61-44)23-37(50)57-19-11-7-2/h15-18,22,26-27,29,31-33H,6-14,19-21,23-25H2,1-5H3,(H,45,52)(H,46,54)(H,47,53)/t27?,29-,31?,32+,33-/m1/s1. The highest BCUT2D eigenvalue weighted by Gasteiger charge is 2.43. The molecule has 3 N–H and O–H groups in total. The van der Waals surface area contributed by atoms with Crippen LogP contribution in [0.5, 0.6) is 5.75 Å². The normalized spacial score (nSPS) is 15.4. The van der Waals surface area contributed by atoms with E-state index >= 15 is 0 Å². The van der Waals surface area contributed by atoms with Gasteiger partial charge >= 0.3 is 31.9 Å². The molecule has 5 atom stereocenters. The third kappa shape index (κ3) is 15.9. The van der Waals surface area contributed by atoms with Crippen molar-refractivity contribution in [1.82, 2.24) is 21.0 Å². The molecule has 2 unspecified atom stereocenters. The first-order chi connectivity index (χ1) is 29.8. The van der Waals surface area contributed by atoms with Gasteiger partial charge in [-0.05, 0) is 62.3 Å². The van der Waals surface area contributed by atoms with Gasteiger partial charge in [-0.3, -0.25) is 28.8 Å². The van der Waals surface area contributed by atoms with Crippen molar-refractivity contribution in [2.75, 3.05) is 26.5 Å². The molecule has 1 aliphatic rings. The molecule has 0 aliphatic heterocycles. The van der Waals surface area contributed by atoms with Gasteiger partial charge in [0.2, 0.25) is 12.3 Å². The predicted molar refractivity (Wildman–Crippen MR) is 223 cm³/mol. The van der Waals surface area contributed by atoms with Gasteiger partial charge in [0.25, 0.3) is 11.8 Å². The first-order valence-electron chi connectivity index (χ1n) is 21.2. The molecule has 1 aromatic carbocycles. The summed E-state index contributed by atoms with van der Waals surface area (Å²) in [7, 11) is 5.07. The quantitative estimate of drug-likeness (QED) is 0.0256. The fourth-order valence-electron chi connectivity index (χ4n) is 6.35. The minimum absolute atomic E-state index is 0.121. The summed E-state index contributed by atoms with van der Waals surface area (Å²) < 4.78 is 26.1. The van der Waals surface area contributed by atoms with Crippen molar-refractivity contribution in [2.24, 2.45) is 17.8 Å². The van der Waals surface area contributed by atoms with Crippen molar-refractivity contribution in [3.63, 3.8) is 0 Å². The van der Waals surface area contributed by atoms with Crippen molar-refractivity contribution in [2.45, 2.75) is 117 Å². The zero-order chi connectivity index (χ0) is 45.6. The molecule has 1 saturated carbocycles. The van der Waals surface area contributed by atoms with E-state index in [1.54, 1.807) is 6.92 Å². The second kappa shape index (κ2) is 26.5. The Morgan fingerprint density at radius 2 is 1.56 bits per heavy atom. The lowest BCUT2D eigenvalue weighted by Crippen LogP contribution is -2.49. The van der Waals surface area contributed by atoms with Gasteiger partial charge < -0.3 is 44.1 Å². The average Bonchev–Trinajstić information content (AvgIpc) is 3.79. The van der Waals surface area contributed by atoms with E-state index in [4.69, 9.17) is 31.5 Å². The Labute approximate surface area is 363 Å². The number of hydrogen-bond donors (Lipinski definition) is 3. The third-order valence-corrected chi connectivity index (χ3v) is 10.2. The molecule has 1 heterocycles. The van der Waals surface area contributed by atoms with E-state index in [1.807, 2.05) is 27.7 Å². The highest BCUT2D eigenvalue weighted by Crippen LogP contribution is 2.39. The lowest BCUT2D eigenvalue weighted by atomic mass is 9.90. The van der Waals surface area contributed by atoms with Crippen LogP contribution in [0.15, 0.2) is 34.7 Å². The van der Waals surface area contributed by atoms with E-state index in [2.05, 4.69) is 20.6 Å². The largest absolute Gasteiger partial charge is 0.542 e. The molecule has 1 fully saturated rings. The van der Waals surface area contributed by atoms with Gasteiger partial charge in [-0.2, -0.15) is 5.06 Å². The lowest BCUT2D eigenvalue weighted by molar-refractivity contribution is -0.205. The van der Waals surface area contributed by atoms with E-state index in [9.17, 15) is 38.4 Å². The van der Waals surface area contributed by atoms with Crippen LogP contribution in [0.3, 0.4) is 0 Å². The lowest BCUT2D eigenvalue weighted by Gasteiger charge is -2.31. The third-order valence-electron chi connectivity index (χ3n) is 10.2. The molecular formula is C43H59BN4O14. The maximum absolute atomic E-state index is 13.5. The molecule has 1 aliphatic carbocycles. The number of esters is 2. The topological polar surface area (TPSA) is 235 Å². The number of hydrogen-bond acceptors (Lipinski definition) is 14. The molecule has 2 radical (unpaired) electrons. The Hall–Kier alpha value is -5.88. The summed E-state index contributed by atoms with van der Waals surface area (Å²) in [6.45, 7) is 8.97. The van der Waals surface area contributed by atoms with Gasteiger partial charge in [-0.1, -0.05) is 72.8 Å². The van der Waals surface area contributed by atoms with Crippen molar-refractivity contribution < 1.29 is 66.5 Å². The van der Waals surface area contributed by atoms with Crippen molar-refractivity contribution >= 4 is 56.1 Å². The van der Waals surface area contributed by atoms with Crippen LogP contribution in [0.25, 0.3) is 11.3 Å². The molecule has 0 spiro atoms. The fraction of sp³-hybridized carbons (Fsp3) is 0.581. The number of rotatable bonds is 29. The van der Waals surface area contributed by atoms with E-state index in [-0.39, 0.29) is 54.6 Å². The van der Waals surface area contributed by atoms with Gasteiger partial charge in [0.05, 0.1) is 49.7 Å². The first kappa shape index (κ1) is 50.5. The van der Waals surface area contributed by atoms with Gasteiger partial charge in [0.15, 0.2) is 12.4 Å². The number of furan rings is 1. The number of benzene rings is 1. The van der Waals surface area contributed by atoms with E-state index in [0.717, 1.165) is 30.7 Å². The number of nitrogens with one attached hydrogen (secondary N) is 3. The van der Waals surface area contributed by atoms with Crippen LogP contribution in [0.1, 0.15) is 126 Å². The van der Waals surface area contributed by atoms with Crippen LogP contribution in [0.2, 0.25) is 0 Å². The van der Waals surface area contributed by atoms with Gasteiger partial charge in [0, 0.05) is 5.56 Å². The predicted octanol–water partition coefficient (Wildman–Crippen LogP) is 4.48. The molecule has 19 heteroatoms. The minimum Gasteiger partial charge on any atom is -0.542 e. The summed E-state index contributed by atoms with van der Waals surface area (Å²) in [6.07, 6.45) is 6.48. The number of ether oxygens (including phenoxy) is 3. The van der Waals surface area contributed by atoms with E-state index in [1.165, 1.54) is 30.3 Å². The summed E-state index contributed by atoms with van der Waals surface area (Å²) in [4.78, 5) is 108. The SMILES string of the molecule is [B]OC(=O)[C@H](CC(=O)OCCCC)NC(=O)c1ccc(-c2ccc(C(=O)NCNC(=O)[C@H](CCCCC)[C@@H](CC)N(C=O)OC(=O)C3CC3C)o2)cc1OCC(=O)OCCCC. The highest BCUT2D eigenvalue weighted by atomic mass is 16.7.